The standard InChI is InChI=1S/C33H30F3N7O2/c1-21(44)22-2-8-26(9-3-22)41-14-16-42(17-15-41)27-10-4-23(5-11-27)24-6-13-30(37-19-24)33(35,36)32(45)20-43-31(38-39-40-43)28-18-25(34)7-12-29(28)32/h2-13,18-19,21,44-45H,14-17,20H2,1H3/t21?,32-/m0/s1. The van der Waals surface area contributed by atoms with E-state index in [1.54, 1.807) is 13.0 Å². The number of alkyl halides is 2. The van der Waals surface area contributed by atoms with Crippen LogP contribution in [0.1, 0.15) is 29.8 Å². The maximum atomic E-state index is 16.1. The second-order valence-corrected chi connectivity index (χ2v) is 11.5. The molecule has 230 valence electrons. The lowest BCUT2D eigenvalue weighted by molar-refractivity contribution is -0.207. The van der Waals surface area contributed by atoms with E-state index >= 15 is 8.78 Å². The fourth-order valence-corrected chi connectivity index (χ4v) is 6.15. The van der Waals surface area contributed by atoms with E-state index in [1.165, 1.54) is 12.3 Å². The molecule has 5 aromatic rings. The van der Waals surface area contributed by atoms with E-state index in [9.17, 15) is 14.6 Å². The van der Waals surface area contributed by atoms with Crippen LogP contribution in [0.25, 0.3) is 22.5 Å². The summed E-state index contributed by atoms with van der Waals surface area (Å²) in [5, 5.41) is 32.3. The number of rotatable bonds is 6. The monoisotopic (exact) mass is 613 g/mol. The first kappa shape index (κ1) is 28.9. The van der Waals surface area contributed by atoms with E-state index in [0.717, 1.165) is 71.6 Å². The van der Waals surface area contributed by atoms with E-state index in [2.05, 4.69) is 30.3 Å². The fourth-order valence-electron chi connectivity index (χ4n) is 6.15. The first-order valence-electron chi connectivity index (χ1n) is 14.7. The van der Waals surface area contributed by atoms with Crippen LogP contribution in [0.4, 0.5) is 24.5 Å². The smallest absolute Gasteiger partial charge is 0.323 e. The van der Waals surface area contributed by atoms with Gasteiger partial charge in [-0.3, -0.25) is 4.98 Å². The molecule has 0 spiro atoms. The van der Waals surface area contributed by atoms with E-state index in [-0.39, 0.29) is 17.0 Å². The molecule has 45 heavy (non-hydrogen) atoms. The number of tetrazole rings is 1. The highest BCUT2D eigenvalue weighted by Crippen LogP contribution is 2.50. The first-order valence-corrected chi connectivity index (χ1v) is 14.7. The van der Waals surface area contributed by atoms with Crippen LogP contribution in [0.3, 0.4) is 0 Å². The van der Waals surface area contributed by atoms with Crippen molar-refractivity contribution in [2.24, 2.45) is 0 Å². The lowest BCUT2D eigenvalue weighted by Gasteiger charge is -2.39. The summed E-state index contributed by atoms with van der Waals surface area (Å²) in [6.07, 6.45) is 0.872. The molecule has 2 N–H and O–H groups in total. The zero-order valence-corrected chi connectivity index (χ0v) is 24.4. The normalized spacial score (nSPS) is 18.8. The summed E-state index contributed by atoms with van der Waals surface area (Å²) >= 11 is 0. The lowest BCUT2D eigenvalue weighted by atomic mass is 9.80. The lowest BCUT2D eigenvalue weighted by Crippen LogP contribution is -2.49. The second-order valence-electron chi connectivity index (χ2n) is 11.5. The molecule has 1 saturated heterocycles. The average molecular weight is 614 g/mol. The highest BCUT2D eigenvalue weighted by molar-refractivity contribution is 5.67. The highest BCUT2D eigenvalue weighted by Gasteiger charge is 2.59. The minimum Gasteiger partial charge on any atom is -0.389 e. The molecule has 3 aromatic carbocycles. The molecule has 0 aliphatic carbocycles. The van der Waals surface area contributed by atoms with Crippen molar-refractivity contribution in [1.82, 2.24) is 25.2 Å². The van der Waals surface area contributed by atoms with Gasteiger partial charge in [-0.05, 0) is 70.9 Å². The number of aromatic nitrogens is 5. The molecule has 7 rings (SSSR count). The Labute approximate surface area is 257 Å². The van der Waals surface area contributed by atoms with Crippen molar-refractivity contribution in [2.45, 2.75) is 31.1 Å². The zero-order chi connectivity index (χ0) is 31.3. The minimum absolute atomic E-state index is 0.00193. The van der Waals surface area contributed by atoms with Gasteiger partial charge < -0.3 is 20.0 Å². The Balaban J connectivity index is 1.05. The van der Waals surface area contributed by atoms with Gasteiger partial charge in [0.2, 0.25) is 0 Å². The Kier molecular flexibility index (Phi) is 7.05. The van der Waals surface area contributed by atoms with Gasteiger partial charge in [0.1, 0.15) is 11.5 Å². The summed E-state index contributed by atoms with van der Waals surface area (Å²) in [5.74, 6) is -4.42. The number of piperazine rings is 1. The molecule has 4 heterocycles. The van der Waals surface area contributed by atoms with E-state index in [0.29, 0.717) is 5.56 Å². The quantitative estimate of drug-likeness (QED) is 0.279. The Morgan fingerprint density at radius 3 is 2.07 bits per heavy atom. The first-order chi connectivity index (χ1) is 21.6. The van der Waals surface area contributed by atoms with Gasteiger partial charge in [0.15, 0.2) is 11.4 Å². The number of nitrogens with zero attached hydrogens (tertiary/aromatic N) is 7. The van der Waals surface area contributed by atoms with Crippen molar-refractivity contribution in [3.05, 3.63) is 108 Å². The third-order valence-corrected chi connectivity index (χ3v) is 8.77. The zero-order valence-electron chi connectivity index (χ0n) is 24.4. The van der Waals surface area contributed by atoms with Crippen LogP contribution in [0, 0.1) is 5.82 Å². The molecule has 2 aromatic heterocycles. The van der Waals surface area contributed by atoms with Crippen molar-refractivity contribution in [3.8, 4) is 22.5 Å². The van der Waals surface area contributed by atoms with Crippen LogP contribution >= 0.6 is 0 Å². The van der Waals surface area contributed by atoms with Crippen LogP contribution in [-0.4, -0.2) is 61.6 Å². The molecule has 2 aliphatic rings. The topological polar surface area (TPSA) is 103 Å². The van der Waals surface area contributed by atoms with Crippen LogP contribution < -0.4 is 9.80 Å². The molecule has 0 saturated carbocycles. The largest absolute Gasteiger partial charge is 0.389 e. The molecule has 1 fully saturated rings. The predicted octanol–water partition coefficient (Wildman–Crippen LogP) is 4.91. The Bertz CT molecular complexity index is 1820. The van der Waals surface area contributed by atoms with Crippen molar-refractivity contribution in [3.63, 3.8) is 0 Å². The van der Waals surface area contributed by atoms with Crippen molar-refractivity contribution in [1.29, 1.82) is 0 Å². The predicted molar refractivity (Wildman–Crippen MR) is 162 cm³/mol. The fraction of sp³-hybridized carbons (Fsp3) is 0.273. The SMILES string of the molecule is CC(O)c1ccc(N2CCN(c3ccc(-c4ccc(C(F)(F)[C@]5(O)Cn6nnnc6-c6cc(F)ccc65)nc4)cc3)CC2)cc1. The number of halogens is 3. The van der Waals surface area contributed by atoms with Crippen LogP contribution in [0.2, 0.25) is 0 Å². The molecular weight excluding hydrogens is 583 g/mol. The number of hydrogen-bond acceptors (Lipinski definition) is 8. The molecule has 2 aliphatic heterocycles. The number of fused-ring (bicyclic) bond motifs is 3. The number of anilines is 2. The van der Waals surface area contributed by atoms with Gasteiger partial charge in [-0.1, -0.05) is 36.4 Å². The van der Waals surface area contributed by atoms with E-state index in [4.69, 9.17) is 0 Å². The molecular formula is C33H30F3N7O2. The van der Waals surface area contributed by atoms with E-state index in [1.807, 2.05) is 48.5 Å². The Morgan fingerprint density at radius 1 is 0.844 bits per heavy atom. The van der Waals surface area contributed by atoms with Crippen molar-refractivity contribution >= 4 is 11.4 Å². The molecule has 0 amide bonds. The Hall–Kier alpha value is -4.81. The maximum absolute atomic E-state index is 16.1. The summed E-state index contributed by atoms with van der Waals surface area (Å²) in [7, 11) is 0. The van der Waals surface area contributed by atoms with Gasteiger partial charge in [-0.25, -0.2) is 9.07 Å². The molecule has 0 bridgehead atoms. The summed E-state index contributed by atoms with van der Waals surface area (Å²) in [6, 6.07) is 21.8. The van der Waals surface area contributed by atoms with Gasteiger partial charge in [-0.15, -0.1) is 5.10 Å². The average Bonchev–Trinajstić information content (AvgIpc) is 3.53. The third-order valence-electron chi connectivity index (χ3n) is 8.77. The van der Waals surface area contributed by atoms with Crippen LogP contribution in [0.15, 0.2) is 85.1 Å². The molecule has 2 atom stereocenters. The van der Waals surface area contributed by atoms with E-state index < -0.39 is 35.7 Å². The van der Waals surface area contributed by atoms with Gasteiger partial charge in [0.05, 0.1) is 12.6 Å². The van der Waals surface area contributed by atoms with Gasteiger partial charge in [-0.2, -0.15) is 8.78 Å². The number of aliphatic hydroxyl groups excluding tert-OH is 1. The van der Waals surface area contributed by atoms with Gasteiger partial charge >= 0.3 is 5.92 Å². The molecule has 9 nitrogen and oxygen atoms in total. The Morgan fingerprint density at radius 2 is 1.47 bits per heavy atom. The minimum atomic E-state index is -3.85. The van der Waals surface area contributed by atoms with Gasteiger partial charge in [0, 0.05) is 60.4 Å². The number of benzene rings is 3. The number of pyridine rings is 1. The van der Waals surface area contributed by atoms with Crippen molar-refractivity contribution < 1.29 is 23.4 Å². The highest BCUT2D eigenvalue weighted by atomic mass is 19.3. The van der Waals surface area contributed by atoms with Crippen molar-refractivity contribution in [2.75, 3.05) is 36.0 Å². The second kappa shape index (κ2) is 11.0. The maximum Gasteiger partial charge on any atom is 0.323 e. The van der Waals surface area contributed by atoms with Crippen LogP contribution in [0.5, 0.6) is 0 Å². The number of aliphatic hydroxyl groups is 2. The molecule has 12 heteroatoms. The molecule has 0 radical (unpaired) electrons. The van der Waals surface area contributed by atoms with Crippen LogP contribution in [-0.2, 0) is 18.1 Å². The summed E-state index contributed by atoms with van der Waals surface area (Å²) in [5.41, 5.74) is 0.979. The summed E-state index contributed by atoms with van der Waals surface area (Å²) < 4.78 is 47.2. The summed E-state index contributed by atoms with van der Waals surface area (Å²) in [6.45, 7) is 4.52. The van der Waals surface area contributed by atoms with Gasteiger partial charge in [0.25, 0.3) is 0 Å². The summed E-state index contributed by atoms with van der Waals surface area (Å²) in [4.78, 5) is 8.69. The third kappa shape index (κ3) is 4.99. The molecule has 1 unspecified atom stereocenters. The number of hydrogen-bond donors (Lipinski definition) is 2.